The molecule has 6 heteroatoms. The molecule has 0 heterocycles. The molecular formula is C26H28N2O4. The first-order valence-corrected chi connectivity index (χ1v) is 10.5. The molecule has 6 nitrogen and oxygen atoms in total. The zero-order valence-corrected chi connectivity index (χ0v) is 18.4. The predicted octanol–water partition coefficient (Wildman–Crippen LogP) is 3.71. The number of rotatable bonds is 10. The lowest BCUT2D eigenvalue weighted by Gasteiger charge is -2.12. The molecule has 0 saturated carbocycles. The molecule has 3 aromatic rings. The van der Waals surface area contributed by atoms with Crippen LogP contribution in [0.2, 0.25) is 0 Å². The summed E-state index contributed by atoms with van der Waals surface area (Å²) in [6.45, 7) is 0.971. The number of ether oxygens (including phenoxy) is 2. The fourth-order valence-corrected chi connectivity index (χ4v) is 2.92. The molecule has 0 atom stereocenters. The third-order valence-corrected chi connectivity index (χ3v) is 4.83. The molecule has 0 saturated heterocycles. The van der Waals surface area contributed by atoms with Gasteiger partial charge in [0.25, 0.3) is 11.8 Å². The van der Waals surface area contributed by atoms with E-state index in [-0.39, 0.29) is 18.4 Å². The van der Waals surface area contributed by atoms with E-state index in [4.69, 9.17) is 9.47 Å². The Labute approximate surface area is 188 Å². The summed E-state index contributed by atoms with van der Waals surface area (Å²) in [5, 5.41) is 2.92. The lowest BCUT2D eigenvalue weighted by atomic mass is 10.1. The van der Waals surface area contributed by atoms with Gasteiger partial charge in [0.15, 0.2) is 6.61 Å². The molecule has 0 aromatic heterocycles. The summed E-state index contributed by atoms with van der Waals surface area (Å²) in [4.78, 5) is 25.5. The Morgan fingerprint density at radius 1 is 0.812 bits per heavy atom. The summed E-state index contributed by atoms with van der Waals surface area (Å²) >= 11 is 0. The van der Waals surface area contributed by atoms with E-state index in [9.17, 15) is 9.59 Å². The van der Waals surface area contributed by atoms with Gasteiger partial charge in [-0.2, -0.15) is 0 Å². The SMILES string of the molecule is CN(C)C(=O)COc1cccc(C(=O)NCCc2ccc(OCc3ccccc3)cc2)c1. The molecule has 3 aromatic carbocycles. The van der Waals surface area contributed by atoms with Crippen molar-refractivity contribution in [2.24, 2.45) is 0 Å². The highest BCUT2D eigenvalue weighted by molar-refractivity contribution is 5.94. The second kappa shape index (κ2) is 11.6. The summed E-state index contributed by atoms with van der Waals surface area (Å²) < 4.78 is 11.3. The Morgan fingerprint density at radius 2 is 1.56 bits per heavy atom. The second-order valence-corrected chi connectivity index (χ2v) is 7.53. The van der Waals surface area contributed by atoms with Gasteiger partial charge in [0.2, 0.25) is 0 Å². The van der Waals surface area contributed by atoms with E-state index in [2.05, 4.69) is 5.32 Å². The maximum absolute atomic E-state index is 12.4. The van der Waals surface area contributed by atoms with Crippen LogP contribution in [0.25, 0.3) is 0 Å². The van der Waals surface area contributed by atoms with Crippen LogP contribution in [0.3, 0.4) is 0 Å². The first kappa shape index (κ1) is 22.9. The molecule has 2 amide bonds. The van der Waals surface area contributed by atoms with Gasteiger partial charge in [-0.1, -0.05) is 48.5 Å². The molecule has 0 fully saturated rings. The molecule has 1 N–H and O–H groups in total. The quantitative estimate of drug-likeness (QED) is 0.530. The first-order valence-electron chi connectivity index (χ1n) is 10.5. The second-order valence-electron chi connectivity index (χ2n) is 7.53. The number of carbonyl (C=O) groups is 2. The van der Waals surface area contributed by atoms with Crippen LogP contribution in [0, 0.1) is 0 Å². The van der Waals surface area contributed by atoms with Crippen LogP contribution in [0.5, 0.6) is 11.5 Å². The molecule has 166 valence electrons. The van der Waals surface area contributed by atoms with Crippen LogP contribution < -0.4 is 14.8 Å². The van der Waals surface area contributed by atoms with Crippen LogP contribution in [-0.4, -0.2) is 44.0 Å². The molecule has 0 aliphatic rings. The van der Waals surface area contributed by atoms with Crippen LogP contribution in [-0.2, 0) is 17.8 Å². The highest BCUT2D eigenvalue weighted by Crippen LogP contribution is 2.15. The van der Waals surface area contributed by atoms with Gasteiger partial charge in [0.05, 0.1) is 0 Å². The summed E-state index contributed by atoms with van der Waals surface area (Å²) in [6, 6.07) is 24.7. The number of amides is 2. The summed E-state index contributed by atoms with van der Waals surface area (Å²) in [5.74, 6) is 0.971. The minimum absolute atomic E-state index is 0.0663. The van der Waals surface area contributed by atoms with Crippen molar-refractivity contribution in [1.29, 1.82) is 0 Å². The minimum atomic E-state index is -0.183. The zero-order valence-electron chi connectivity index (χ0n) is 18.4. The molecule has 0 spiro atoms. The maximum Gasteiger partial charge on any atom is 0.259 e. The minimum Gasteiger partial charge on any atom is -0.489 e. The van der Waals surface area contributed by atoms with Crippen molar-refractivity contribution >= 4 is 11.8 Å². The zero-order chi connectivity index (χ0) is 22.8. The van der Waals surface area contributed by atoms with Crippen molar-refractivity contribution in [3.63, 3.8) is 0 Å². The average Bonchev–Trinajstić information content (AvgIpc) is 2.82. The fourth-order valence-electron chi connectivity index (χ4n) is 2.92. The standard InChI is InChI=1S/C26H28N2O4/c1-28(2)25(29)19-32-24-10-6-9-22(17-24)26(30)27-16-15-20-11-13-23(14-12-20)31-18-21-7-4-3-5-8-21/h3-14,17H,15-16,18-19H2,1-2H3,(H,27,30). The average molecular weight is 433 g/mol. The van der Waals surface area contributed by atoms with Gasteiger partial charge in [-0.3, -0.25) is 9.59 Å². The van der Waals surface area contributed by atoms with E-state index in [1.165, 1.54) is 4.90 Å². The predicted molar refractivity (Wildman–Crippen MR) is 124 cm³/mol. The number of likely N-dealkylation sites (N-methyl/N-ethyl adjacent to an activating group) is 1. The molecule has 0 aliphatic heterocycles. The van der Waals surface area contributed by atoms with Gasteiger partial charge in [-0.15, -0.1) is 0 Å². The Bertz CT molecular complexity index is 1020. The van der Waals surface area contributed by atoms with E-state index in [1.54, 1.807) is 38.4 Å². The lowest BCUT2D eigenvalue weighted by Crippen LogP contribution is -2.28. The Kier molecular flexibility index (Phi) is 8.26. The third kappa shape index (κ3) is 7.16. The van der Waals surface area contributed by atoms with E-state index in [0.29, 0.717) is 30.9 Å². The molecule has 0 radical (unpaired) electrons. The summed E-state index contributed by atoms with van der Waals surface area (Å²) in [5.41, 5.74) is 2.72. The van der Waals surface area contributed by atoms with E-state index in [1.807, 2.05) is 54.6 Å². The lowest BCUT2D eigenvalue weighted by molar-refractivity contribution is -0.130. The molecule has 32 heavy (non-hydrogen) atoms. The molecule has 0 unspecified atom stereocenters. The van der Waals surface area contributed by atoms with Crippen LogP contribution in [0.4, 0.5) is 0 Å². The van der Waals surface area contributed by atoms with Crippen molar-refractivity contribution in [3.8, 4) is 11.5 Å². The number of hydrogen-bond acceptors (Lipinski definition) is 4. The van der Waals surface area contributed by atoms with E-state index in [0.717, 1.165) is 16.9 Å². The van der Waals surface area contributed by atoms with Gasteiger partial charge >= 0.3 is 0 Å². The van der Waals surface area contributed by atoms with Crippen molar-refractivity contribution in [1.82, 2.24) is 10.2 Å². The molecular weight excluding hydrogens is 404 g/mol. The first-order chi connectivity index (χ1) is 15.5. The van der Waals surface area contributed by atoms with Crippen molar-refractivity contribution in [2.75, 3.05) is 27.2 Å². The smallest absolute Gasteiger partial charge is 0.259 e. The number of nitrogens with zero attached hydrogens (tertiary/aromatic N) is 1. The van der Waals surface area contributed by atoms with Crippen LogP contribution in [0.1, 0.15) is 21.5 Å². The topological polar surface area (TPSA) is 67.9 Å². The Hall–Kier alpha value is -3.80. The van der Waals surface area contributed by atoms with Crippen molar-refractivity contribution in [2.45, 2.75) is 13.0 Å². The number of benzene rings is 3. The van der Waals surface area contributed by atoms with E-state index < -0.39 is 0 Å². The third-order valence-electron chi connectivity index (χ3n) is 4.83. The highest BCUT2D eigenvalue weighted by Gasteiger charge is 2.09. The Morgan fingerprint density at radius 3 is 2.28 bits per heavy atom. The monoisotopic (exact) mass is 432 g/mol. The van der Waals surface area contributed by atoms with Crippen molar-refractivity contribution < 1.29 is 19.1 Å². The van der Waals surface area contributed by atoms with Gasteiger partial charge in [-0.25, -0.2) is 0 Å². The molecule has 3 rings (SSSR count). The molecule has 0 bridgehead atoms. The maximum atomic E-state index is 12.4. The van der Waals surface area contributed by atoms with Crippen LogP contribution >= 0.6 is 0 Å². The van der Waals surface area contributed by atoms with Gasteiger partial charge in [0.1, 0.15) is 18.1 Å². The molecule has 0 aliphatic carbocycles. The normalized spacial score (nSPS) is 10.3. The van der Waals surface area contributed by atoms with Gasteiger partial charge in [-0.05, 0) is 47.9 Å². The Balaban J connectivity index is 1.43. The van der Waals surface area contributed by atoms with Crippen molar-refractivity contribution in [3.05, 3.63) is 95.6 Å². The van der Waals surface area contributed by atoms with Gasteiger partial charge < -0.3 is 19.7 Å². The summed E-state index contributed by atoms with van der Waals surface area (Å²) in [6.07, 6.45) is 0.707. The fraction of sp³-hybridized carbons (Fsp3) is 0.231. The van der Waals surface area contributed by atoms with Gasteiger partial charge in [0, 0.05) is 26.2 Å². The summed E-state index contributed by atoms with van der Waals surface area (Å²) in [7, 11) is 3.34. The highest BCUT2D eigenvalue weighted by atomic mass is 16.5. The van der Waals surface area contributed by atoms with Crippen LogP contribution in [0.15, 0.2) is 78.9 Å². The number of hydrogen-bond donors (Lipinski definition) is 1. The number of carbonyl (C=O) groups excluding carboxylic acids is 2. The largest absolute Gasteiger partial charge is 0.489 e. The number of nitrogens with one attached hydrogen (secondary N) is 1. The van der Waals surface area contributed by atoms with E-state index >= 15 is 0 Å².